The number of ether oxygens (including phenoxy) is 1. The monoisotopic (exact) mass is 663 g/mol. The van der Waals surface area contributed by atoms with Gasteiger partial charge in [-0.05, 0) is 88.7 Å². The van der Waals surface area contributed by atoms with E-state index in [-0.39, 0.29) is 29.8 Å². The predicted molar refractivity (Wildman–Crippen MR) is 191 cm³/mol. The first-order chi connectivity index (χ1) is 24.4. The van der Waals surface area contributed by atoms with Crippen LogP contribution < -0.4 is 19.9 Å². The number of hydrogen-bond donors (Lipinski definition) is 1. The van der Waals surface area contributed by atoms with E-state index in [0.717, 1.165) is 47.5 Å². The molecule has 0 aliphatic carbocycles. The molecular formula is C42H34FN3O4. The fourth-order valence-electron chi connectivity index (χ4n) is 7.43. The molecule has 0 bridgehead atoms. The van der Waals surface area contributed by atoms with Crippen LogP contribution in [0.4, 0.5) is 20.6 Å². The number of nitrogens with zero attached hydrogens (tertiary/aromatic N) is 2. The van der Waals surface area contributed by atoms with Gasteiger partial charge in [-0.1, -0.05) is 84.9 Å². The van der Waals surface area contributed by atoms with Crippen LogP contribution in [0, 0.1) is 5.82 Å². The van der Waals surface area contributed by atoms with Gasteiger partial charge in [0, 0.05) is 30.6 Å². The third-order valence-corrected chi connectivity index (χ3v) is 9.87. The average molecular weight is 664 g/mol. The Morgan fingerprint density at radius 1 is 0.740 bits per heavy atom. The Hall–Kier alpha value is -6.02. The molecule has 50 heavy (non-hydrogen) atoms. The van der Waals surface area contributed by atoms with Crippen LogP contribution >= 0.6 is 0 Å². The highest BCUT2D eigenvalue weighted by molar-refractivity contribution is 6.39. The van der Waals surface area contributed by atoms with E-state index >= 15 is 0 Å². The zero-order chi connectivity index (χ0) is 34.2. The summed E-state index contributed by atoms with van der Waals surface area (Å²) in [7, 11) is 0. The van der Waals surface area contributed by atoms with Crippen LogP contribution in [-0.4, -0.2) is 30.9 Å². The number of imide groups is 2. The molecule has 248 valence electrons. The summed E-state index contributed by atoms with van der Waals surface area (Å²) in [5, 5.41) is 2.41. The van der Waals surface area contributed by atoms with Crippen LogP contribution in [0.3, 0.4) is 0 Å². The van der Waals surface area contributed by atoms with Crippen molar-refractivity contribution in [3.05, 3.63) is 166 Å². The van der Waals surface area contributed by atoms with Crippen molar-refractivity contribution in [1.82, 2.24) is 5.32 Å². The summed E-state index contributed by atoms with van der Waals surface area (Å²) in [6, 6.07) is 36.9. The number of urea groups is 1. The number of nitrogens with one attached hydrogen (secondary N) is 1. The second-order valence-electron chi connectivity index (χ2n) is 12.9. The van der Waals surface area contributed by atoms with E-state index in [2.05, 4.69) is 34.5 Å². The Kier molecular flexibility index (Phi) is 8.20. The van der Waals surface area contributed by atoms with Crippen LogP contribution in [0.1, 0.15) is 58.1 Å². The lowest BCUT2D eigenvalue weighted by Crippen LogP contribution is -2.54. The first-order valence-electron chi connectivity index (χ1n) is 16.8. The van der Waals surface area contributed by atoms with Gasteiger partial charge in [0.1, 0.15) is 23.7 Å². The lowest BCUT2D eigenvalue weighted by Gasteiger charge is -2.44. The van der Waals surface area contributed by atoms with Gasteiger partial charge >= 0.3 is 6.03 Å². The topological polar surface area (TPSA) is 79.0 Å². The van der Waals surface area contributed by atoms with E-state index in [1.807, 2.05) is 48.5 Å². The minimum atomic E-state index is -0.773. The fourth-order valence-corrected chi connectivity index (χ4v) is 7.43. The summed E-state index contributed by atoms with van der Waals surface area (Å²) in [6.07, 6.45) is 3.30. The van der Waals surface area contributed by atoms with Crippen LogP contribution in [0.5, 0.6) is 5.75 Å². The average Bonchev–Trinajstić information content (AvgIpc) is 3.14. The first-order valence-corrected chi connectivity index (χ1v) is 16.8. The largest absolute Gasteiger partial charge is 0.489 e. The number of carbonyl (C=O) groups is 3. The molecule has 5 aromatic rings. The molecule has 8 rings (SSSR count). The van der Waals surface area contributed by atoms with Crippen molar-refractivity contribution >= 4 is 35.3 Å². The van der Waals surface area contributed by atoms with Crippen LogP contribution in [0.2, 0.25) is 0 Å². The maximum Gasteiger partial charge on any atom is 0.335 e. The molecule has 0 spiro atoms. The maximum absolute atomic E-state index is 14.2. The molecule has 4 amide bonds. The number of amides is 4. The van der Waals surface area contributed by atoms with Gasteiger partial charge in [-0.25, -0.2) is 14.1 Å². The number of benzene rings is 5. The summed E-state index contributed by atoms with van der Waals surface area (Å²) in [5.74, 6) is -1.00. The highest BCUT2D eigenvalue weighted by atomic mass is 19.1. The number of barbiturate groups is 1. The van der Waals surface area contributed by atoms with Gasteiger partial charge in [0.2, 0.25) is 0 Å². The van der Waals surface area contributed by atoms with Crippen molar-refractivity contribution in [1.29, 1.82) is 0 Å². The van der Waals surface area contributed by atoms with Crippen molar-refractivity contribution in [2.75, 3.05) is 22.9 Å². The van der Waals surface area contributed by atoms with Gasteiger partial charge in [-0.2, -0.15) is 0 Å². The van der Waals surface area contributed by atoms with E-state index in [0.29, 0.717) is 17.0 Å². The van der Waals surface area contributed by atoms with Gasteiger partial charge < -0.3 is 9.64 Å². The van der Waals surface area contributed by atoms with Gasteiger partial charge in [-0.15, -0.1) is 0 Å². The summed E-state index contributed by atoms with van der Waals surface area (Å²) in [5.41, 5.74) is 7.41. The molecule has 7 nitrogen and oxygen atoms in total. The SMILES string of the molecule is O=C1NC(=O)N(c2cc3c4c(c2)[C@H](c2ccccc2)CCN4CC[C@@H]3c2ccccc2)C(=O)/C1=C/c1ccc(OCc2ccc(F)cc2)cc1. The van der Waals surface area contributed by atoms with E-state index in [1.54, 1.807) is 36.4 Å². The number of hydrogen-bond acceptors (Lipinski definition) is 5. The molecule has 8 heteroatoms. The zero-order valence-electron chi connectivity index (χ0n) is 27.2. The first kappa shape index (κ1) is 31.3. The van der Waals surface area contributed by atoms with Crippen molar-refractivity contribution in [3.63, 3.8) is 0 Å². The number of anilines is 2. The molecule has 3 aliphatic rings. The van der Waals surface area contributed by atoms with Crippen LogP contribution in [0.25, 0.3) is 6.08 Å². The molecule has 0 aromatic heterocycles. The second kappa shape index (κ2) is 13.1. The smallest absolute Gasteiger partial charge is 0.335 e. The van der Waals surface area contributed by atoms with Gasteiger partial charge in [-0.3, -0.25) is 14.9 Å². The van der Waals surface area contributed by atoms with Gasteiger partial charge in [0.25, 0.3) is 11.8 Å². The highest BCUT2D eigenvalue weighted by Gasteiger charge is 2.40. The fraction of sp³-hybridized carbons (Fsp3) is 0.167. The van der Waals surface area contributed by atoms with Gasteiger partial charge in [0.15, 0.2) is 0 Å². The van der Waals surface area contributed by atoms with E-state index in [4.69, 9.17) is 4.74 Å². The third-order valence-electron chi connectivity index (χ3n) is 9.87. The molecule has 5 aromatic carbocycles. The zero-order valence-corrected chi connectivity index (χ0v) is 27.2. The van der Waals surface area contributed by atoms with Crippen molar-refractivity contribution in [3.8, 4) is 5.75 Å². The molecule has 0 unspecified atom stereocenters. The Morgan fingerprint density at radius 3 is 1.90 bits per heavy atom. The minimum Gasteiger partial charge on any atom is -0.489 e. The Balaban J connectivity index is 1.15. The summed E-state index contributed by atoms with van der Waals surface area (Å²) >= 11 is 0. The Morgan fingerprint density at radius 2 is 1.32 bits per heavy atom. The van der Waals surface area contributed by atoms with Crippen molar-refractivity contribution in [2.24, 2.45) is 0 Å². The van der Waals surface area contributed by atoms with E-state index in [1.165, 1.54) is 35.0 Å². The number of carbonyl (C=O) groups excluding carboxylic acids is 3. The Bertz CT molecular complexity index is 2040. The standard InChI is InChI=1S/C42H34FN3O4/c43-31-15-11-28(12-16-31)26-50-33-17-13-27(14-18-33)23-38-40(47)44-42(49)46(41(38)48)32-24-36-34(29-7-3-1-4-8-29)19-21-45-22-20-35(37(25-32)39(36)45)30-9-5-2-6-10-30/h1-18,23-25,34-35H,19-22,26H2,(H,44,47,49)/b38-23+/t34-,35+. The molecule has 0 saturated carbocycles. The number of rotatable bonds is 7. The quantitative estimate of drug-likeness (QED) is 0.141. The maximum atomic E-state index is 14.2. The molecule has 1 saturated heterocycles. The number of halogens is 1. The summed E-state index contributed by atoms with van der Waals surface area (Å²) in [4.78, 5) is 44.3. The van der Waals surface area contributed by atoms with Crippen molar-refractivity contribution in [2.45, 2.75) is 31.3 Å². The normalized spacial score (nSPS) is 19.3. The molecule has 0 radical (unpaired) electrons. The lowest BCUT2D eigenvalue weighted by atomic mass is 9.76. The predicted octanol–water partition coefficient (Wildman–Crippen LogP) is 7.95. The summed E-state index contributed by atoms with van der Waals surface area (Å²) < 4.78 is 19.1. The molecule has 3 heterocycles. The van der Waals surface area contributed by atoms with Crippen LogP contribution in [-0.2, 0) is 16.2 Å². The lowest BCUT2D eigenvalue weighted by molar-refractivity contribution is -0.122. The minimum absolute atomic E-state index is 0.0825. The van der Waals surface area contributed by atoms with Crippen LogP contribution in [0.15, 0.2) is 127 Å². The van der Waals surface area contributed by atoms with Crippen molar-refractivity contribution < 1.29 is 23.5 Å². The molecule has 3 aliphatic heterocycles. The van der Waals surface area contributed by atoms with Gasteiger partial charge in [0.05, 0.1) is 5.69 Å². The second-order valence-corrected chi connectivity index (χ2v) is 12.9. The molecular weight excluding hydrogens is 629 g/mol. The summed E-state index contributed by atoms with van der Waals surface area (Å²) in [6.45, 7) is 2.09. The Labute approximate surface area is 289 Å². The van der Waals surface area contributed by atoms with E-state index in [9.17, 15) is 18.8 Å². The van der Waals surface area contributed by atoms with E-state index < -0.39 is 17.8 Å². The molecule has 1 N–H and O–H groups in total. The molecule has 1 fully saturated rings. The molecule has 2 atom stereocenters. The highest BCUT2D eigenvalue weighted by Crippen LogP contribution is 2.50. The third kappa shape index (κ3) is 5.94.